The summed E-state index contributed by atoms with van der Waals surface area (Å²) >= 11 is 0. The predicted molar refractivity (Wildman–Crippen MR) is 104 cm³/mol. The van der Waals surface area contributed by atoms with E-state index in [1.54, 1.807) is 0 Å². The van der Waals surface area contributed by atoms with Crippen molar-refractivity contribution >= 4 is 11.8 Å². The number of carbonyl (C=O) groups is 2. The number of hydrogen-bond donors (Lipinski definition) is 1. The molecule has 25 heavy (non-hydrogen) atoms. The Kier molecular flexibility index (Phi) is 13.5. The lowest BCUT2D eigenvalue weighted by atomic mass is 9.95. The first-order chi connectivity index (χ1) is 11.9. The SMILES string of the molecule is CCCCCCN(C(=O)CCC(=O)NCCOCC)C(C)(C)CCC. The van der Waals surface area contributed by atoms with Crippen molar-refractivity contribution in [3.8, 4) is 0 Å². The first-order valence-electron chi connectivity index (χ1n) is 10.0. The number of rotatable bonds is 15. The molecule has 0 saturated heterocycles. The van der Waals surface area contributed by atoms with Crippen molar-refractivity contribution in [2.75, 3.05) is 26.3 Å². The lowest BCUT2D eigenvalue weighted by molar-refractivity contribution is -0.138. The Morgan fingerprint density at radius 2 is 1.72 bits per heavy atom. The zero-order valence-corrected chi connectivity index (χ0v) is 17.2. The van der Waals surface area contributed by atoms with Crippen LogP contribution >= 0.6 is 0 Å². The number of amides is 2. The summed E-state index contributed by atoms with van der Waals surface area (Å²) in [6.45, 7) is 13.0. The normalized spacial score (nSPS) is 11.4. The highest BCUT2D eigenvalue weighted by molar-refractivity contribution is 5.84. The third-order valence-electron chi connectivity index (χ3n) is 4.47. The van der Waals surface area contributed by atoms with Crippen molar-refractivity contribution in [3.05, 3.63) is 0 Å². The molecule has 0 spiro atoms. The number of hydrogen-bond acceptors (Lipinski definition) is 3. The summed E-state index contributed by atoms with van der Waals surface area (Å²) in [7, 11) is 0. The van der Waals surface area contributed by atoms with Crippen LogP contribution < -0.4 is 5.32 Å². The Hall–Kier alpha value is -1.10. The summed E-state index contributed by atoms with van der Waals surface area (Å²) in [6, 6.07) is 0. The van der Waals surface area contributed by atoms with E-state index in [1.165, 1.54) is 12.8 Å². The molecule has 0 aliphatic rings. The zero-order chi connectivity index (χ0) is 19.1. The van der Waals surface area contributed by atoms with Gasteiger partial charge in [0.1, 0.15) is 0 Å². The highest BCUT2D eigenvalue weighted by atomic mass is 16.5. The monoisotopic (exact) mass is 356 g/mol. The van der Waals surface area contributed by atoms with E-state index in [4.69, 9.17) is 4.74 Å². The average Bonchev–Trinajstić information content (AvgIpc) is 2.56. The van der Waals surface area contributed by atoms with Gasteiger partial charge < -0.3 is 15.0 Å². The van der Waals surface area contributed by atoms with Gasteiger partial charge in [0.15, 0.2) is 0 Å². The summed E-state index contributed by atoms with van der Waals surface area (Å²) < 4.78 is 5.19. The number of nitrogens with one attached hydrogen (secondary N) is 1. The molecule has 5 nitrogen and oxygen atoms in total. The first kappa shape index (κ1) is 23.9. The van der Waals surface area contributed by atoms with Crippen molar-refractivity contribution in [1.29, 1.82) is 0 Å². The van der Waals surface area contributed by atoms with Gasteiger partial charge in [-0.1, -0.05) is 39.5 Å². The Morgan fingerprint density at radius 1 is 1.00 bits per heavy atom. The fourth-order valence-corrected chi connectivity index (χ4v) is 3.06. The lowest BCUT2D eigenvalue weighted by Gasteiger charge is -2.39. The molecule has 0 radical (unpaired) electrons. The molecule has 2 amide bonds. The van der Waals surface area contributed by atoms with Crippen LogP contribution in [0.2, 0.25) is 0 Å². The van der Waals surface area contributed by atoms with Gasteiger partial charge in [-0.15, -0.1) is 0 Å². The second kappa shape index (κ2) is 14.1. The zero-order valence-electron chi connectivity index (χ0n) is 17.2. The van der Waals surface area contributed by atoms with Crippen LogP contribution in [0.4, 0.5) is 0 Å². The average molecular weight is 357 g/mol. The summed E-state index contributed by atoms with van der Waals surface area (Å²) in [6.07, 6.45) is 7.14. The van der Waals surface area contributed by atoms with Crippen molar-refractivity contribution in [1.82, 2.24) is 10.2 Å². The smallest absolute Gasteiger partial charge is 0.223 e. The molecule has 0 fully saturated rings. The van der Waals surface area contributed by atoms with Gasteiger partial charge in [0.2, 0.25) is 11.8 Å². The standard InChI is InChI=1S/C20H40N2O3/c1-6-9-10-11-16-22(20(4,5)14-7-2)19(24)13-12-18(23)21-15-17-25-8-3/h6-17H2,1-5H3,(H,21,23). The highest BCUT2D eigenvalue weighted by Crippen LogP contribution is 2.23. The van der Waals surface area contributed by atoms with Crippen LogP contribution in [0.5, 0.6) is 0 Å². The fraction of sp³-hybridized carbons (Fsp3) is 0.900. The molecular formula is C20H40N2O3. The van der Waals surface area contributed by atoms with Crippen molar-refractivity contribution in [2.45, 2.75) is 91.5 Å². The molecule has 0 unspecified atom stereocenters. The van der Waals surface area contributed by atoms with Gasteiger partial charge in [0, 0.05) is 38.1 Å². The van der Waals surface area contributed by atoms with Crippen LogP contribution in [-0.4, -0.2) is 48.6 Å². The van der Waals surface area contributed by atoms with E-state index in [0.717, 1.165) is 32.2 Å². The topological polar surface area (TPSA) is 58.6 Å². The summed E-state index contributed by atoms with van der Waals surface area (Å²) in [4.78, 5) is 26.6. The van der Waals surface area contributed by atoms with E-state index in [2.05, 4.69) is 33.0 Å². The largest absolute Gasteiger partial charge is 0.380 e. The highest BCUT2D eigenvalue weighted by Gasteiger charge is 2.29. The molecule has 5 heteroatoms. The minimum Gasteiger partial charge on any atom is -0.380 e. The molecule has 0 aromatic carbocycles. The third kappa shape index (κ3) is 11.2. The fourth-order valence-electron chi connectivity index (χ4n) is 3.06. The maximum atomic E-state index is 12.7. The van der Waals surface area contributed by atoms with Crippen molar-refractivity contribution in [3.63, 3.8) is 0 Å². The minimum absolute atomic E-state index is 0.0766. The van der Waals surface area contributed by atoms with E-state index in [1.807, 2.05) is 11.8 Å². The van der Waals surface area contributed by atoms with Crippen LogP contribution in [0.3, 0.4) is 0 Å². The molecular weight excluding hydrogens is 316 g/mol. The molecule has 0 heterocycles. The van der Waals surface area contributed by atoms with Gasteiger partial charge in [0.05, 0.1) is 6.61 Å². The summed E-state index contributed by atoms with van der Waals surface area (Å²) in [5.74, 6) is 0.0159. The second-order valence-corrected chi connectivity index (χ2v) is 7.22. The Labute approximate surface area is 154 Å². The van der Waals surface area contributed by atoms with Gasteiger partial charge in [-0.05, 0) is 33.6 Å². The van der Waals surface area contributed by atoms with Crippen LogP contribution in [0.15, 0.2) is 0 Å². The molecule has 0 aromatic heterocycles. The van der Waals surface area contributed by atoms with E-state index in [-0.39, 0.29) is 30.2 Å². The van der Waals surface area contributed by atoms with E-state index < -0.39 is 0 Å². The van der Waals surface area contributed by atoms with Gasteiger partial charge in [-0.2, -0.15) is 0 Å². The van der Waals surface area contributed by atoms with Crippen LogP contribution in [-0.2, 0) is 14.3 Å². The quantitative estimate of drug-likeness (QED) is 0.453. The second-order valence-electron chi connectivity index (χ2n) is 7.22. The van der Waals surface area contributed by atoms with Gasteiger partial charge in [-0.25, -0.2) is 0 Å². The van der Waals surface area contributed by atoms with Gasteiger partial charge >= 0.3 is 0 Å². The van der Waals surface area contributed by atoms with Crippen molar-refractivity contribution in [2.24, 2.45) is 0 Å². The van der Waals surface area contributed by atoms with Gasteiger partial charge in [-0.3, -0.25) is 9.59 Å². The maximum absolute atomic E-state index is 12.7. The molecule has 0 bridgehead atoms. The molecule has 0 rings (SSSR count). The van der Waals surface area contributed by atoms with E-state index in [0.29, 0.717) is 19.8 Å². The number of nitrogens with zero attached hydrogens (tertiary/aromatic N) is 1. The molecule has 1 N–H and O–H groups in total. The third-order valence-corrected chi connectivity index (χ3v) is 4.47. The Morgan fingerprint density at radius 3 is 2.32 bits per heavy atom. The van der Waals surface area contributed by atoms with Crippen LogP contribution in [0.1, 0.15) is 86.0 Å². The van der Waals surface area contributed by atoms with Gasteiger partial charge in [0.25, 0.3) is 0 Å². The molecule has 0 aliphatic carbocycles. The Bertz CT molecular complexity index is 370. The molecule has 0 saturated carbocycles. The van der Waals surface area contributed by atoms with Crippen LogP contribution in [0, 0.1) is 0 Å². The van der Waals surface area contributed by atoms with Crippen LogP contribution in [0.25, 0.3) is 0 Å². The first-order valence-corrected chi connectivity index (χ1v) is 10.0. The number of ether oxygens (including phenoxy) is 1. The van der Waals surface area contributed by atoms with E-state index >= 15 is 0 Å². The number of unbranched alkanes of at least 4 members (excludes halogenated alkanes) is 3. The number of carbonyl (C=O) groups excluding carboxylic acids is 2. The predicted octanol–water partition coefficient (Wildman–Crippen LogP) is 3.91. The summed E-state index contributed by atoms with van der Waals surface area (Å²) in [5, 5.41) is 2.80. The minimum atomic E-state index is -0.149. The lowest BCUT2D eigenvalue weighted by Crippen LogP contribution is -2.48. The Balaban J connectivity index is 4.47. The van der Waals surface area contributed by atoms with E-state index in [9.17, 15) is 9.59 Å². The molecule has 0 aliphatic heterocycles. The molecule has 0 atom stereocenters. The summed E-state index contributed by atoms with van der Waals surface area (Å²) in [5.41, 5.74) is -0.149. The van der Waals surface area contributed by atoms with Crippen molar-refractivity contribution < 1.29 is 14.3 Å². The molecule has 0 aromatic rings. The maximum Gasteiger partial charge on any atom is 0.223 e. The molecule has 148 valence electrons.